The summed E-state index contributed by atoms with van der Waals surface area (Å²) in [7, 11) is 0. The van der Waals surface area contributed by atoms with Gasteiger partial charge in [-0.05, 0) is 19.4 Å². The van der Waals surface area contributed by atoms with E-state index in [2.05, 4.69) is 16.4 Å². The van der Waals surface area contributed by atoms with Crippen LogP contribution >= 0.6 is 0 Å². The smallest absolute Gasteiger partial charge is 0.329 e. The first-order chi connectivity index (χ1) is 10.0. The van der Waals surface area contributed by atoms with Crippen LogP contribution in [-0.2, 0) is 4.79 Å². The zero-order valence-electron chi connectivity index (χ0n) is 12.1. The van der Waals surface area contributed by atoms with Gasteiger partial charge in [-0.3, -0.25) is 4.98 Å². The van der Waals surface area contributed by atoms with Crippen LogP contribution in [0.15, 0.2) is 30.5 Å². The number of anilines is 1. The lowest BCUT2D eigenvalue weighted by molar-refractivity contribution is -0.141. The van der Waals surface area contributed by atoms with E-state index in [1.807, 2.05) is 31.2 Å². The number of carboxylic acid groups (broad SMARTS) is 1. The number of nitriles is 1. The van der Waals surface area contributed by atoms with Crippen molar-refractivity contribution in [2.75, 3.05) is 5.32 Å². The standard InChI is InChI=1S/C16H17N3O2/c1-3-8-16(2,15(20)21)19-14-11(9-17)10-18-13-7-5-4-6-12(13)14/h4-7,10H,3,8H2,1-2H3,(H,18,19)(H,20,21). The number of para-hydroxylation sites is 1. The number of nitrogens with one attached hydrogen (secondary N) is 1. The Hall–Kier alpha value is -2.61. The average molecular weight is 283 g/mol. The molecule has 2 rings (SSSR count). The molecule has 1 heterocycles. The van der Waals surface area contributed by atoms with E-state index in [1.165, 1.54) is 6.20 Å². The second-order valence-electron chi connectivity index (χ2n) is 5.19. The number of aromatic nitrogens is 1. The molecular formula is C16H17N3O2. The van der Waals surface area contributed by atoms with Gasteiger partial charge in [0.05, 0.1) is 16.8 Å². The zero-order chi connectivity index (χ0) is 15.5. The van der Waals surface area contributed by atoms with Crippen LogP contribution in [0.25, 0.3) is 10.9 Å². The summed E-state index contributed by atoms with van der Waals surface area (Å²) < 4.78 is 0. The van der Waals surface area contributed by atoms with Gasteiger partial charge in [0.15, 0.2) is 0 Å². The lowest BCUT2D eigenvalue weighted by Crippen LogP contribution is -2.43. The number of hydrogen-bond acceptors (Lipinski definition) is 4. The molecule has 0 saturated heterocycles. The van der Waals surface area contributed by atoms with E-state index < -0.39 is 11.5 Å². The first kappa shape index (κ1) is 14.8. The molecule has 0 aliphatic heterocycles. The van der Waals surface area contributed by atoms with Gasteiger partial charge < -0.3 is 10.4 Å². The van der Waals surface area contributed by atoms with Crippen LogP contribution in [0.4, 0.5) is 5.69 Å². The molecule has 21 heavy (non-hydrogen) atoms. The van der Waals surface area contributed by atoms with E-state index in [0.29, 0.717) is 17.7 Å². The van der Waals surface area contributed by atoms with Crippen LogP contribution in [-0.4, -0.2) is 21.6 Å². The van der Waals surface area contributed by atoms with Crippen molar-refractivity contribution in [3.8, 4) is 6.07 Å². The Labute approximate surface area is 123 Å². The Morgan fingerprint density at radius 3 is 2.81 bits per heavy atom. The first-order valence-electron chi connectivity index (χ1n) is 6.81. The monoisotopic (exact) mass is 283 g/mol. The fourth-order valence-corrected chi connectivity index (χ4v) is 2.36. The predicted octanol–water partition coefficient (Wildman–Crippen LogP) is 3.16. The van der Waals surface area contributed by atoms with Gasteiger partial charge in [0, 0.05) is 11.6 Å². The lowest BCUT2D eigenvalue weighted by atomic mass is 9.95. The maximum atomic E-state index is 11.6. The van der Waals surface area contributed by atoms with E-state index in [-0.39, 0.29) is 0 Å². The molecule has 0 aliphatic rings. The normalized spacial score (nSPS) is 13.4. The molecule has 2 aromatic rings. The molecule has 0 spiro atoms. The van der Waals surface area contributed by atoms with Gasteiger partial charge in [0.25, 0.3) is 0 Å². The third-order valence-corrected chi connectivity index (χ3v) is 3.52. The number of carboxylic acids is 1. The van der Waals surface area contributed by atoms with Gasteiger partial charge in [-0.15, -0.1) is 0 Å². The molecule has 1 aromatic carbocycles. The Kier molecular flexibility index (Phi) is 4.08. The minimum atomic E-state index is -1.12. The van der Waals surface area contributed by atoms with Crippen LogP contribution in [0.1, 0.15) is 32.3 Å². The van der Waals surface area contributed by atoms with Crippen molar-refractivity contribution in [2.45, 2.75) is 32.2 Å². The highest BCUT2D eigenvalue weighted by Gasteiger charge is 2.33. The van der Waals surface area contributed by atoms with E-state index in [9.17, 15) is 15.2 Å². The summed E-state index contributed by atoms with van der Waals surface area (Å²) in [4.78, 5) is 15.8. The molecule has 0 radical (unpaired) electrons. The molecule has 0 aliphatic carbocycles. The minimum Gasteiger partial charge on any atom is -0.480 e. The number of benzene rings is 1. The van der Waals surface area contributed by atoms with Gasteiger partial charge in [0.2, 0.25) is 0 Å². The highest BCUT2D eigenvalue weighted by Crippen LogP contribution is 2.29. The van der Waals surface area contributed by atoms with Gasteiger partial charge in [-0.25, -0.2) is 4.79 Å². The number of pyridine rings is 1. The fraction of sp³-hybridized carbons (Fsp3) is 0.312. The number of nitrogens with zero attached hydrogens (tertiary/aromatic N) is 2. The SMILES string of the molecule is CCCC(C)(Nc1c(C#N)cnc2ccccc12)C(=O)O. The highest BCUT2D eigenvalue weighted by atomic mass is 16.4. The van der Waals surface area contributed by atoms with E-state index >= 15 is 0 Å². The molecule has 0 fully saturated rings. The van der Waals surface area contributed by atoms with E-state index in [1.54, 1.807) is 6.92 Å². The summed E-state index contributed by atoms with van der Waals surface area (Å²) in [5, 5.41) is 22.6. The van der Waals surface area contributed by atoms with Crippen molar-refractivity contribution < 1.29 is 9.90 Å². The summed E-state index contributed by atoms with van der Waals surface area (Å²) in [6.07, 6.45) is 2.66. The maximum Gasteiger partial charge on any atom is 0.329 e. The molecule has 0 bridgehead atoms. The summed E-state index contributed by atoms with van der Waals surface area (Å²) in [6, 6.07) is 9.44. The van der Waals surface area contributed by atoms with E-state index in [4.69, 9.17) is 0 Å². The fourth-order valence-electron chi connectivity index (χ4n) is 2.36. The van der Waals surface area contributed by atoms with Crippen LogP contribution < -0.4 is 5.32 Å². The molecule has 5 heteroatoms. The summed E-state index contributed by atoms with van der Waals surface area (Å²) >= 11 is 0. The number of aliphatic carboxylic acids is 1. The van der Waals surface area contributed by atoms with Gasteiger partial charge in [-0.2, -0.15) is 5.26 Å². The number of hydrogen-bond donors (Lipinski definition) is 2. The van der Waals surface area contributed by atoms with Crippen LogP contribution in [0, 0.1) is 11.3 Å². The topological polar surface area (TPSA) is 86.0 Å². The van der Waals surface area contributed by atoms with Crippen molar-refractivity contribution in [3.63, 3.8) is 0 Å². The van der Waals surface area contributed by atoms with Gasteiger partial charge in [0.1, 0.15) is 11.6 Å². The molecule has 1 unspecified atom stereocenters. The maximum absolute atomic E-state index is 11.6. The molecule has 2 N–H and O–H groups in total. The Morgan fingerprint density at radius 1 is 1.48 bits per heavy atom. The lowest BCUT2D eigenvalue weighted by Gasteiger charge is -2.28. The average Bonchev–Trinajstić information content (AvgIpc) is 2.47. The second-order valence-corrected chi connectivity index (χ2v) is 5.19. The largest absolute Gasteiger partial charge is 0.480 e. The summed E-state index contributed by atoms with van der Waals surface area (Å²) in [5.41, 5.74) is 0.478. The van der Waals surface area contributed by atoms with Crippen LogP contribution in [0.2, 0.25) is 0 Å². The minimum absolute atomic E-state index is 0.345. The molecule has 1 atom stereocenters. The van der Waals surface area contributed by atoms with Crippen molar-refractivity contribution in [2.24, 2.45) is 0 Å². The summed E-state index contributed by atoms with van der Waals surface area (Å²) in [6.45, 7) is 3.56. The van der Waals surface area contributed by atoms with Crippen LogP contribution in [0.5, 0.6) is 0 Å². The Balaban J connectivity index is 2.59. The third kappa shape index (κ3) is 2.79. The Bertz CT molecular complexity index is 721. The predicted molar refractivity (Wildman–Crippen MR) is 81.0 cm³/mol. The quantitative estimate of drug-likeness (QED) is 0.880. The van der Waals surface area contributed by atoms with Crippen molar-refractivity contribution in [1.29, 1.82) is 5.26 Å². The first-order valence-corrected chi connectivity index (χ1v) is 6.81. The highest BCUT2D eigenvalue weighted by molar-refractivity contribution is 5.96. The van der Waals surface area contributed by atoms with E-state index in [0.717, 1.165) is 17.3 Å². The molecular weight excluding hydrogens is 266 g/mol. The number of carbonyl (C=O) groups is 1. The number of fused-ring (bicyclic) bond motifs is 1. The van der Waals surface area contributed by atoms with Gasteiger partial charge >= 0.3 is 5.97 Å². The molecule has 5 nitrogen and oxygen atoms in total. The van der Waals surface area contributed by atoms with Crippen molar-refractivity contribution in [1.82, 2.24) is 4.98 Å². The molecule has 0 amide bonds. The van der Waals surface area contributed by atoms with Crippen molar-refractivity contribution in [3.05, 3.63) is 36.0 Å². The van der Waals surface area contributed by atoms with Crippen LogP contribution in [0.3, 0.4) is 0 Å². The number of rotatable bonds is 5. The third-order valence-electron chi connectivity index (χ3n) is 3.52. The summed E-state index contributed by atoms with van der Waals surface area (Å²) in [5.74, 6) is -0.936. The Morgan fingerprint density at radius 2 is 2.19 bits per heavy atom. The van der Waals surface area contributed by atoms with Gasteiger partial charge in [-0.1, -0.05) is 31.5 Å². The zero-order valence-corrected chi connectivity index (χ0v) is 12.1. The second kappa shape index (κ2) is 5.80. The van der Waals surface area contributed by atoms with Crippen molar-refractivity contribution >= 4 is 22.6 Å². The molecule has 108 valence electrons. The molecule has 1 aromatic heterocycles. The molecule has 0 saturated carbocycles.